The Hall–Kier alpha value is -0.450. The monoisotopic (exact) mass is 255 g/mol. The Balaban J connectivity index is 2.27. The predicted octanol–water partition coefficient (Wildman–Crippen LogP) is 2.65. The normalized spacial score (nSPS) is 12.4. The molecule has 0 aliphatic rings. The molecule has 0 aliphatic carbocycles. The minimum absolute atomic E-state index is 0.279. The van der Waals surface area contributed by atoms with Gasteiger partial charge in [-0.05, 0) is 45.3 Å². The van der Waals surface area contributed by atoms with Crippen molar-refractivity contribution in [2.24, 2.45) is 11.1 Å². The third-order valence-corrected chi connectivity index (χ3v) is 4.12. The van der Waals surface area contributed by atoms with Crippen molar-refractivity contribution in [2.75, 3.05) is 20.1 Å². The van der Waals surface area contributed by atoms with Crippen LogP contribution in [0.5, 0.6) is 0 Å². The minimum atomic E-state index is 0.279. The number of aryl methyl sites for hydroxylation is 1. The average molecular weight is 255 g/mol. The van der Waals surface area contributed by atoms with Crippen molar-refractivity contribution in [2.45, 2.75) is 40.2 Å². The van der Waals surface area contributed by atoms with Crippen LogP contribution in [-0.4, -0.2) is 30.0 Å². The Morgan fingerprint density at radius 3 is 2.71 bits per heavy atom. The van der Waals surface area contributed by atoms with Crippen LogP contribution in [0.4, 0.5) is 0 Å². The molecule has 0 atom stereocenters. The Morgan fingerprint density at radius 1 is 1.47 bits per heavy atom. The van der Waals surface area contributed by atoms with Gasteiger partial charge in [0.2, 0.25) is 0 Å². The van der Waals surface area contributed by atoms with Crippen LogP contribution in [-0.2, 0) is 6.54 Å². The number of aromatic nitrogens is 1. The molecule has 1 rings (SSSR count). The number of thiazole rings is 1. The first-order chi connectivity index (χ1) is 7.94. The van der Waals surface area contributed by atoms with Gasteiger partial charge in [-0.2, -0.15) is 0 Å². The summed E-state index contributed by atoms with van der Waals surface area (Å²) < 4.78 is 0. The standard InChI is InChI=1S/C13H25N3S/c1-11-12(17-10-15-11)8-16(4)7-5-6-13(2,3)9-14/h10H,5-9,14H2,1-4H3. The molecule has 3 nitrogen and oxygen atoms in total. The summed E-state index contributed by atoms with van der Waals surface area (Å²) in [5, 5.41) is 0. The van der Waals surface area contributed by atoms with E-state index in [-0.39, 0.29) is 5.41 Å². The van der Waals surface area contributed by atoms with Gasteiger partial charge < -0.3 is 10.6 Å². The van der Waals surface area contributed by atoms with E-state index < -0.39 is 0 Å². The van der Waals surface area contributed by atoms with Gasteiger partial charge in [-0.25, -0.2) is 4.98 Å². The molecule has 2 N–H and O–H groups in total. The zero-order valence-electron chi connectivity index (χ0n) is 11.5. The molecule has 1 heterocycles. The third kappa shape index (κ3) is 5.15. The van der Waals surface area contributed by atoms with E-state index in [9.17, 15) is 0 Å². The largest absolute Gasteiger partial charge is 0.330 e. The van der Waals surface area contributed by atoms with E-state index in [1.165, 1.54) is 23.4 Å². The molecule has 17 heavy (non-hydrogen) atoms. The summed E-state index contributed by atoms with van der Waals surface area (Å²) in [5.74, 6) is 0. The number of hydrogen-bond acceptors (Lipinski definition) is 4. The van der Waals surface area contributed by atoms with Gasteiger partial charge in [0.15, 0.2) is 0 Å². The highest BCUT2D eigenvalue weighted by Crippen LogP contribution is 2.21. The van der Waals surface area contributed by atoms with Crippen LogP contribution in [0.15, 0.2) is 5.51 Å². The van der Waals surface area contributed by atoms with Gasteiger partial charge in [0.1, 0.15) is 0 Å². The van der Waals surface area contributed by atoms with Crippen molar-refractivity contribution in [1.29, 1.82) is 0 Å². The fourth-order valence-electron chi connectivity index (χ4n) is 1.73. The van der Waals surface area contributed by atoms with Crippen molar-refractivity contribution in [3.8, 4) is 0 Å². The zero-order valence-corrected chi connectivity index (χ0v) is 12.3. The van der Waals surface area contributed by atoms with Crippen LogP contribution >= 0.6 is 11.3 Å². The molecule has 0 saturated carbocycles. The fraction of sp³-hybridized carbons (Fsp3) is 0.769. The Labute approximate surface area is 109 Å². The summed E-state index contributed by atoms with van der Waals surface area (Å²) in [7, 11) is 2.18. The van der Waals surface area contributed by atoms with Crippen LogP contribution in [0.2, 0.25) is 0 Å². The van der Waals surface area contributed by atoms with E-state index in [1.807, 2.05) is 5.51 Å². The van der Waals surface area contributed by atoms with E-state index in [0.717, 1.165) is 19.6 Å². The second-order valence-corrected chi connectivity index (χ2v) is 6.51. The zero-order chi connectivity index (χ0) is 12.9. The first-order valence-corrected chi connectivity index (χ1v) is 7.10. The van der Waals surface area contributed by atoms with Gasteiger partial charge >= 0.3 is 0 Å². The van der Waals surface area contributed by atoms with Crippen LogP contribution in [0, 0.1) is 12.3 Å². The Bertz CT molecular complexity index is 333. The molecule has 0 saturated heterocycles. The minimum Gasteiger partial charge on any atom is -0.330 e. The van der Waals surface area contributed by atoms with Crippen LogP contribution in [0.3, 0.4) is 0 Å². The number of rotatable bonds is 7. The van der Waals surface area contributed by atoms with E-state index >= 15 is 0 Å². The molecular formula is C13H25N3S. The summed E-state index contributed by atoms with van der Waals surface area (Å²) >= 11 is 1.75. The molecule has 1 aromatic rings. The lowest BCUT2D eigenvalue weighted by Gasteiger charge is -2.24. The maximum atomic E-state index is 5.73. The quantitative estimate of drug-likeness (QED) is 0.814. The van der Waals surface area contributed by atoms with Gasteiger partial charge in [0.25, 0.3) is 0 Å². The van der Waals surface area contributed by atoms with Gasteiger partial charge in [0, 0.05) is 11.4 Å². The fourth-order valence-corrected chi connectivity index (χ4v) is 2.59. The van der Waals surface area contributed by atoms with E-state index in [2.05, 4.69) is 37.7 Å². The smallest absolute Gasteiger partial charge is 0.0798 e. The predicted molar refractivity (Wildman–Crippen MR) is 75.3 cm³/mol. The number of hydrogen-bond donors (Lipinski definition) is 1. The summed E-state index contributed by atoms with van der Waals surface area (Å²) in [6.45, 7) is 9.46. The molecule has 98 valence electrons. The lowest BCUT2D eigenvalue weighted by molar-refractivity contribution is 0.274. The van der Waals surface area contributed by atoms with Gasteiger partial charge in [-0.1, -0.05) is 13.8 Å². The van der Waals surface area contributed by atoms with Gasteiger partial charge in [0.05, 0.1) is 11.2 Å². The van der Waals surface area contributed by atoms with Crippen molar-refractivity contribution < 1.29 is 0 Å². The number of nitrogens with two attached hydrogens (primary N) is 1. The van der Waals surface area contributed by atoms with Crippen LogP contribution in [0.25, 0.3) is 0 Å². The second-order valence-electron chi connectivity index (χ2n) is 5.57. The molecule has 0 spiro atoms. The molecule has 0 unspecified atom stereocenters. The third-order valence-electron chi connectivity index (χ3n) is 3.20. The molecule has 1 aromatic heterocycles. The first kappa shape index (κ1) is 14.6. The molecule has 0 aliphatic heterocycles. The molecule has 0 fully saturated rings. The van der Waals surface area contributed by atoms with Gasteiger partial charge in [-0.15, -0.1) is 11.3 Å². The Morgan fingerprint density at radius 2 is 2.18 bits per heavy atom. The van der Waals surface area contributed by atoms with Gasteiger partial charge in [-0.3, -0.25) is 0 Å². The van der Waals surface area contributed by atoms with E-state index in [1.54, 1.807) is 11.3 Å². The molecular weight excluding hydrogens is 230 g/mol. The molecule has 4 heteroatoms. The van der Waals surface area contributed by atoms with E-state index in [0.29, 0.717) is 0 Å². The summed E-state index contributed by atoms with van der Waals surface area (Å²) in [5.41, 5.74) is 9.11. The summed E-state index contributed by atoms with van der Waals surface area (Å²) in [6, 6.07) is 0. The average Bonchev–Trinajstić information content (AvgIpc) is 2.64. The first-order valence-electron chi connectivity index (χ1n) is 6.22. The topological polar surface area (TPSA) is 42.2 Å². The lowest BCUT2D eigenvalue weighted by atomic mass is 9.88. The second kappa shape index (κ2) is 6.47. The summed E-state index contributed by atoms with van der Waals surface area (Å²) in [6.07, 6.45) is 2.40. The maximum absolute atomic E-state index is 5.73. The van der Waals surface area contributed by atoms with Crippen molar-refractivity contribution >= 4 is 11.3 Å². The summed E-state index contributed by atoms with van der Waals surface area (Å²) in [4.78, 5) is 8.03. The maximum Gasteiger partial charge on any atom is 0.0798 e. The molecule has 0 amide bonds. The lowest BCUT2D eigenvalue weighted by Crippen LogP contribution is -2.26. The van der Waals surface area contributed by atoms with Crippen LogP contribution in [0.1, 0.15) is 37.3 Å². The highest BCUT2D eigenvalue weighted by Gasteiger charge is 2.15. The van der Waals surface area contributed by atoms with Crippen molar-refractivity contribution in [1.82, 2.24) is 9.88 Å². The highest BCUT2D eigenvalue weighted by molar-refractivity contribution is 7.09. The molecule has 0 aromatic carbocycles. The number of nitrogens with zero attached hydrogens (tertiary/aromatic N) is 2. The SMILES string of the molecule is Cc1ncsc1CN(C)CCCC(C)(C)CN. The molecule has 0 bridgehead atoms. The Kier molecular flexibility index (Phi) is 5.56. The molecule has 0 radical (unpaired) electrons. The van der Waals surface area contributed by atoms with E-state index in [4.69, 9.17) is 5.73 Å². The van der Waals surface area contributed by atoms with Crippen molar-refractivity contribution in [3.63, 3.8) is 0 Å². The van der Waals surface area contributed by atoms with Crippen LogP contribution < -0.4 is 5.73 Å². The van der Waals surface area contributed by atoms with Crippen molar-refractivity contribution in [3.05, 3.63) is 16.1 Å². The highest BCUT2D eigenvalue weighted by atomic mass is 32.1.